The molecule has 57 heteroatoms. The number of aliphatic hydroxyl groups excluding tert-OH is 3. The van der Waals surface area contributed by atoms with E-state index in [1.54, 1.807) is 55.4 Å². The minimum absolute atomic E-state index is 0.000657. The van der Waals surface area contributed by atoms with E-state index >= 15 is 19.2 Å². The van der Waals surface area contributed by atoms with Crippen molar-refractivity contribution >= 4 is 177 Å². The first kappa shape index (κ1) is 124. The summed E-state index contributed by atoms with van der Waals surface area (Å²) >= 11 is 9.07. The summed E-state index contributed by atoms with van der Waals surface area (Å²) in [7, 11) is 0. The Morgan fingerprint density at radius 2 is 0.959 bits per heavy atom. The van der Waals surface area contributed by atoms with Crippen molar-refractivity contribution in [2.24, 2.45) is 46.6 Å². The smallest absolute Gasteiger partial charge is 0.257 e. The highest BCUT2D eigenvalue weighted by Crippen LogP contribution is 2.25. The van der Waals surface area contributed by atoms with Gasteiger partial charge < -0.3 is 148 Å². The molecular formula is C91H147ClN30O23S3. The number of halogens is 1. The number of nitrogens with one attached hydrogen (secondary N) is 21. The third kappa shape index (κ3) is 41.2. The number of carbonyl (C=O) groups excluding carboxylic acids is 20. The Balaban J connectivity index is 1.50. The van der Waals surface area contributed by atoms with Crippen LogP contribution >= 0.6 is 46.9 Å². The van der Waals surface area contributed by atoms with Crippen molar-refractivity contribution in [2.75, 3.05) is 94.0 Å². The Bertz CT molecular complexity index is 4900. The molecule has 2 aromatic rings. The molecule has 4 saturated heterocycles. The van der Waals surface area contributed by atoms with Crippen molar-refractivity contribution in [3.63, 3.8) is 0 Å². The normalized spacial score (nSPS) is 25.6. The van der Waals surface area contributed by atoms with Gasteiger partial charge in [0.05, 0.1) is 57.9 Å². The van der Waals surface area contributed by atoms with E-state index in [9.17, 15) is 92.0 Å². The first-order valence-electron chi connectivity index (χ1n) is 49.0. The summed E-state index contributed by atoms with van der Waals surface area (Å²) in [4.78, 5) is 304. The highest BCUT2D eigenvalue weighted by atomic mass is 35.5. The summed E-state index contributed by atoms with van der Waals surface area (Å²) in [6, 6.07) is -21.0. The SMILES string of the molecule is CC[C@H](C)[C@@H]1NC(=O)[C@H](CCCNC(=N)N)NC(=O)[C@@H]2CCCN2C(=O)[C@H](CC(C)C)NC(=O)[C@H](CC(C)C)NC(=O)[C@H](CO)NC(=O)[C@H](CO)NNC(=O)[C@@H]2CSCCC(=O)N3CN(CN(C3)C(=O)CCSC[C@@H](C(=O)N[C@@H](C)C(N)=O)NC(=O)[C@H](Cc3c[nH]cn3)NC1=O)C(=O)CCSC[C@H](NC(=O)[C@H](C)N)C(=O)N[C@@H](C(C)C)C(=O)N[C@@H](CCCNC(=N)N)C(=O)N[C@@H](CO)C(=O)N[C@@H](Cc1ccc(Cl)cc1)C(=O)N2. The lowest BCUT2D eigenvalue weighted by atomic mass is 9.96. The fourth-order valence-electron chi connectivity index (χ4n) is 15.7. The number of imidazole rings is 1. The molecule has 18 atom stereocenters. The first-order chi connectivity index (χ1) is 70.1. The molecule has 4 bridgehead atoms. The van der Waals surface area contributed by atoms with Gasteiger partial charge in [-0.1, -0.05) is 85.5 Å². The molecule has 0 spiro atoms. The zero-order chi connectivity index (χ0) is 110. The van der Waals surface area contributed by atoms with Crippen LogP contribution in [0.25, 0.3) is 0 Å². The molecule has 20 amide bonds. The summed E-state index contributed by atoms with van der Waals surface area (Å²) in [5.41, 5.74) is 27.9. The second kappa shape index (κ2) is 62.7. The van der Waals surface area contributed by atoms with Crippen LogP contribution in [-0.4, -0.2) is 372 Å². The molecule has 53 nitrogen and oxygen atoms in total. The molecule has 1 aromatic carbocycles. The minimum Gasteiger partial charge on any atom is -0.394 e. The van der Waals surface area contributed by atoms with E-state index in [2.05, 4.69) is 106 Å². The van der Waals surface area contributed by atoms with E-state index in [0.29, 0.717) is 5.56 Å². The van der Waals surface area contributed by atoms with Gasteiger partial charge in [-0.05, 0) is 107 Å². The van der Waals surface area contributed by atoms with Gasteiger partial charge in [-0.15, -0.1) is 0 Å². The lowest BCUT2D eigenvalue weighted by Crippen LogP contribution is -2.63. The van der Waals surface area contributed by atoms with Crippen LogP contribution in [0.3, 0.4) is 0 Å². The minimum atomic E-state index is -1.94. The average Bonchev–Trinajstić information content (AvgIpc) is 1.75. The molecule has 5 heterocycles. The molecule has 148 heavy (non-hydrogen) atoms. The number of aromatic nitrogens is 2. The molecule has 4 aliphatic rings. The Hall–Kier alpha value is -12.5. The van der Waals surface area contributed by atoms with Crippen molar-refractivity contribution in [3.05, 3.63) is 53.1 Å². The van der Waals surface area contributed by atoms with Crippen molar-refractivity contribution < 1.29 is 111 Å². The molecular weight excluding hydrogens is 2010 g/mol. The second-order valence-corrected chi connectivity index (χ2v) is 41.5. The van der Waals surface area contributed by atoms with E-state index in [4.69, 9.17) is 45.4 Å². The quantitative estimate of drug-likeness (QED) is 0.0224. The van der Waals surface area contributed by atoms with Gasteiger partial charge in [0.1, 0.15) is 96.7 Å². The zero-order valence-electron chi connectivity index (χ0n) is 84.7. The van der Waals surface area contributed by atoms with Crippen LogP contribution in [0.2, 0.25) is 5.02 Å². The van der Waals surface area contributed by atoms with Gasteiger partial charge in [0.15, 0.2) is 11.9 Å². The van der Waals surface area contributed by atoms with Gasteiger partial charge in [-0.3, -0.25) is 112 Å². The summed E-state index contributed by atoms with van der Waals surface area (Å²) in [5, 5.41) is 89.7. The monoisotopic (exact) mass is 2160 g/mol. The van der Waals surface area contributed by atoms with Crippen LogP contribution in [0, 0.1) is 34.5 Å². The highest BCUT2D eigenvalue weighted by Gasteiger charge is 2.44. The number of aromatic amines is 1. The fraction of sp³-hybridized carbons (Fsp3) is 0.659. The Kier molecular flexibility index (Phi) is 52.6. The summed E-state index contributed by atoms with van der Waals surface area (Å²) in [5.74, 6) is -23.9. The Labute approximate surface area is 875 Å². The van der Waals surface area contributed by atoms with Crippen LogP contribution in [0.1, 0.15) is 158 Å². The van der Waals surface area contributed by atoms with Gasteiger partial charge in [0.2, 0.25) is 112 Å². The number of nitrogens with zero attached hydrogens (tertiary/aromatic N) is 5. The average molecular weight is 2160 g/mol. The van der Waals surface area contributed by atoms with Crippen LogP contribution in [0.4, 0.5) is 0 Å². The summed E-state index contributed by atoms with van der Waals surface area (Å²) in [6.07, 6.45) is 0.726. The van der Waals surface area contributed by atoms with E-state index < -0.39 is 309 Å². The standard InChI is InChI=1S/C91H147ClN30O23S3/c1-11-49(8)72-88(144)108-59(34-54-35-99-42-102-54)79(135)113-64(83(139)103-51(10)73(94)129)39-146-28-22-68(126)119-43-120-45-121(44-119)70(128)24-30-148-41-66(85(141)118-117-63(38-125)82(138)111-62(37-124)80(136)106-57(31-46(2)3)77(133)109-60(32-47(4)5)89(145)122-27-14-17-67(122)86(142)104-56(76(132)116-72)16-13-26-101-91(97)98)114-78(134)58(33-52-18-20-53(92)21-19-52)107-81(137)61(36-123)110-75(131)55(15-12-25-100-90(95)96)105-87(143)71(48(6)7)115-84(140)65(112-74(130)50(9)93)40-147-29-23-69(120)127/h18-21,35,42,46-51,55-67,71-72,117,123-125H,11-17,22-34,36-41,43-45,93H2,1-10H3,(H2,94,129)(H,99,102)(H,103,139)(H,104,142)(H,105,143)(H,106,136)(H,107,137)(H,108,144)(H,109,133)(H,110,131)(H,111,138)(H,112,130)(H,113,135)(H,114,134)(H,115,140)(H,116,132)(H,118,141)(H4,95,96,100)(H4,97,98,101)/t49-,50-,51-,55-,56-,57-,58-,59-,60-,61-,62-,63-,64-,65-,66-,67-,71-,72-/m0/s1. The van der Waals surface area contributed by atoms with Crippen molar-refractivity contribution in [2.45, 2.75) is 262 Å². The number of hydrogen-bond donors (Lipinski definition) is 28. The number of H-pyrrole nitrogens is 1. The predicted molar refractivity (Wildman–Crippen MR) is 547 cm³/mol. The van der Waals surface area contributed by atoms with Crippen LogP contribution < -0.4 is 119 Å². The van der Waals surface area contributed by atoms with Gasteiger partial charge in [0.25, 0.3) is 5.91 Å². The van der Waals surface area contributed by atoms with E-state index in [-0.39, 0.29) is 142 Å². The van der Waals surface area contributed by atoms with E-state index in [0.717, 1.165) is 45.1 Å². The highest BCUT2D eigenvalue weighted by molar-refractivity contribution is 7.99. The molecule has 0 saturated carbocycles. The number of thioether (sulfide) groups is 3. The number of carbonyl (C=O) groups is 20. The predicted octanol–water partition coefficient (Wildman–Crippen LogP) is -8.46. The van der Waals surface area contributed by atoms with E-state index in [1.165, 1.54) is 60.4 Å². The van der Waals surface area contributed by atoms with Crippen LogP contribution in [0.15, 0.2) is 36.8 Å². The van der Waals surface area contributed by atoms with Crippen molar-refractivity contribution in [3.8, 4) is 0 Å². The number of aliphatic hydroxyl groups is 3. The van der Waals surface area contributed by atoms with Crippen LogP contribution in [-0.2, 0) is 109 Å². The van der Waals surface area contributed by atoms with Crippen molar-refractivity contribution in [1.29, 1.82) is 10.8 Å². The van der Waals surface area contributed by atoms with Gasteiger partial charge in [0, 0.05) is 97.5 Å². The Morgan fingerprint density at radius 3 is 1.47 bits per heavy atom. The third-order valence-corrected chi connectivity index (χ3v) is 27.7. The topological polar surface area (TPSA) is 812 Å². The maximum absolute atomic E-state index is 15.2. The molecule has 0 aliphatic carbocycles. The number of rotatable bonds is 27. The lowest BCUT2D eigenvalue weighted by Gasteiger charge is -2.42. The fourth-order valence-corrected chi connectivity index (χ4v) is 18.7. The molecule has 824 valence electrons. The zero-order valence-corrected chi connectivity index (χ0v) is 88.0. The van der Waals surface area contributed by atoms with Gasteiger partial charge in [-0.25, -0.2) is 10.4 Å². The van der Waals surface area contributed by atoms with Gasteiger partial charge >= 0.3 is 0 Å². The van der Waals surface area contributed by atoms with E-state index in [1.807, 2.05) is 0 Å². The number of primary amides is 1. The maximum Gasteiger partial charge on any atom is 0.257 e. The number of hydrogen-bond acceptors (Lipinski definition) is 31. The largest absolute Gasteiger partial charge is 0.394 e. The van der Waals surface area contributed by atoms with Crippen LogP contribution in [0.5, 0.6) is 0 Å². The number of amides is 20. The third-order valence-electron chi connectivity index (χ3n) is 24.3. The number of benzene rings is 1. The molecule has 6 rings (SSSR count). The molecule has 4 fully saturated rings. The molecule has 0 radical (unpaired) electrons. The second-order valence-electron chi connectivity index (χ2n) is 37.6. The lowest BCUT2D eigenvalue weighted by molar-refractivity contribution is -0.158. The number of fused-ring (bicyclic) bond motifs is 8. The first-order valence-corrected chi connectivity index (χ1v) is 52.8. The molecule has 0 unspecified atom stereocenters. The molecule has 4 aliphatic heterocycles. The number of nitrogens with two attached hydrogens (primary N) is 4. The number of hydrazine groups is 1. The maximum atomic E-state index is 15.2. The number of guanidine groups is 2. The molecule has 32 N–H and O–H groups in total. The summed E-state index contributed by atoms with van der Waals surface area (Å²) < 4.78 is 0. The Morgan fingerprint density at radius 1 is 0.514 bits per heavy atom. The molecule has 1 aromatic heterocycles. The van der Waals surface area contributed by atoms with Crippen molar-refractivity contribution in [1.82, 2.24) is 125 Å². The summed E-state index contributed by atoms with van der Waals surface area (Å²) in [6.45, 7) is 11.0. The van der Waals surface area contributed by atoms with Gasteiger partial charge in [-0.2, -0.15) is 35.3 Å².